The van der Waals surface area contributed by atoms with Crippen LogP contribution in [-0.4, -0.2) is 17.4 Å². The lowest BCUT2D eigenvalue weighted by Gasteiger charge is -2.14. The maximum Gasteiger partial charge on any atom is 0.257 e. The van der Waals surface area contributed by atoms with Gasteiger partial charge in [0.1, 0.15) is 0 Å². The number of pyridine rings is 1. The van der Waals surface area contributed by atoms with Crippen molar-refractivity contribution in [1.29, 1.82) is 0 Å². The van der Waals surface area contributed by atoms with Gasteiger partial charge in [-0.3, -0.25) is 9.78 Å². The van der Waals surface area contributed by atoms with Gasteiger partial charge in [0.25, 0.3) is 5.91 Å². The number of nitrogens with zero attached hydrogens (tertiary/aromatic N) is 1. The predicted octanol–water partition coefficient (Wildman–Crippen LogP) is 5.11. The van der Waals surface area contributed by atoms with Crippen LogP contribution in [0, 0.1) is 0 Å². The third-order valence-corrected chi connectivity index (χ3v) is 4.42. The van der Waals surface area contributed by atoms with Crippen molar-refractivity contribution in [2.75, 3.05) is 17.2 Å². The number of anilines is 2. The molecular weight excluding hydrogens is 334 g/mol. The van der Waals surface area contributed by atoms with Crippen LogP contribution in [0.5, 0.6) is 0 Å². The molecule has 0 aliphatic rings. The van der Waals surface area contributed by atoms with E-state index in [-0.39, 0.29) is 5.91 Å². The number of nitrogens with one attached hydrogen (secondary N) is 2. The van der Waals surface area contributed by atoms with Crippen molar-refractivity contribution in [3.8, 4) is 0 Å². The molecule has 1 aromatic heterocycles. The Labute approximate surface area is 160 Å². The predicted molar refractivity (Wildman–Crippen MR) is 111 cm³/mol. The minimum atomic E-state index is -0.151. The Morgan fingerprint density at radius 3 is 2.52 bits per heavy atom. The number of para-hydroxylation sites is 1. The zero-order valence-corrected chi connectivity index (χ0v) is 15.8. The molecule has 1 amide bonds. The number of amides is 1. The molecule has 0 fully saturated rings. The van der Waals surface area contributed by atoms with E-state index in [1.54, 1.807) is 12.4 Å². The van der Waals surface area contributed by atoms with E-state index in [9.17, 15) is 4.79 Å². The zero-order chi connectivity index (χ0) is 19.1. The molecule has 0 saturated heterocycles. The fraction of sp³-hybridized carbons (Fsp3) is 0.217. The smallest absolute Gasteiger partial charge is 0.257 e. The summed E-state index contributed by atoms with van der Waals surface area (Å²) >= 11 is 0. The topological polar surface area (TPSA) is 54.0 Å². The SMILES string of the molecule is CC(C)c1ccccc1NC(=O)c1cncc(NCCc2ccccc2)c1. The maximum absolute atomic E-state index is 12.7. The normalized spacial score (nSPS) is 10.6. The molecule has 0 unspecified atom stereocenters. The fourth-order valence-corrected chi connectivity index (χ4v) is 2.97. The summed E-state index contributed by atoms with van der Waals surface area (Å²) in [4.78, 5) is 16.9. The molecule has 0 saturated carbocycles. The van der Waals surface area contributed by atoms with Crippen molar-refractivity contribution in [2.24, 2.45) is 0 Å². The largest absolute Gasteiger partial charge is 0.383 e. The monoisotopic (exact) mass is 359 g/mol. The fourth-order valence-electron chi connectivity index (χ4n) is 2.97. The van der Waals surface area contributed by atoms with Crippen LogP contribution in [0.2, 0.25) is 0 Å². The van der Waals surface area contributed by atoms with E-state index >= 15 is 0 Å². The van der Waals surface area contributed by atoms with Gasteiger partial charge >= 0.3 is 0 Å². The van der Waals surface area contributed by atoms with E-state index in [4.69, 9.17) is 0 Å². The van der Waals surface area contributed by atoms with Crippen LogP contribution >= 0.6 is 0 Å². The summed E-state index contributed by atoms with van der Waals surface area (Å²) < 4.78 is 0. The molecule has 0 radical (unpaired) electrons. The van der Waals surface area contributed by atoms with Gasteiger partial charge in [0, 0.05) is 24.6 Å². The number of benzene rings is 2. The Kier molecular flexibility index (Phi) is 6.21. The molecule has 3 aromatic rings. The van der Waals surface area contributed by atoms with Gasteiger partial charge in [0.2, 0.25) is 0 Å². The third kappa shape index (κ3) is 5.17. The zero-order valence-electron chi connectivity index (χ0n) is 15.8. The number of rotatable bonds is 7. The van der Waals surface area contributed by atoms with Crippen LogP contribution in [0.25, 0.3) is 0 Å². The van der Waals surface area contributed by atoms with Crippen LogP contribution in [0.1, 0.15) is 41.3 Å². The van der Waals surface area contributed by atoms with E-state index in [0.29, 0.717) is 11.5 Å². The first-order chi connectivity index (χ1) is 13.1. The highest BCUT2D eigenvalue weighted by Crippen LogP contribution is 2.24. The molecule has 0 atom stereocenters. The van der Waals surface area contributed by atoms with Crippen LogP contribution in [0.3, 0.4) is 0 Å². The van der Waals surface area contributed by atoms with Crippen molar-refractivity contribution in [3.05, 3.63) is 89.7 Å². The standard InChI is InChI=1S/C23H25N3O/c1-17(2)21-10-6-7-11-22(21)26-23(27)19-14-20(16-24-15-19)25-13-12-18-8-4-3-5-9-18/h3-11,14-17,25H,12-13H2,1-2H3,(H,26,27). The van der Waals surface area contributed by atoms with Gasteiger partial charge in [0.05, 0.1) is 11.3 Å². The van der Waals surface area contributed by atoms with Crippen LogP contribution in [0.15, 0.2) is 73.1 Å². The second-order valence-corrected chi connectivity index (χ2v) is 6.82. The second kappa shape index (κ2) is 8.99. The summed E-state index contributed by atoms with van der Waals surface area (Å²) in [5, 5.41) is 6.35. The summed E-state index contributed by atoms with van der Waals surface area (Å²) in [6.45, 7) is 5.01. The van der Waals surface area contributed by atoms with Crippen molar-refractivity contribution in [2.45, 2.75) is 26.2 Å². The molecule has 0 bridgehead atoms. The molecule has 4 nitrogen and oxygen atoms in total. The molecule has 2 N–H and O–H groups in total. The van der Waals surface area contributed by atoms with Gasteiger partial charge in [-0.2, -0.15) is 0 Å². The summed E-state index contributed by atoms with van der Waals surface area (Å²) in [6.07, 6.45) is 4.25. The van der Waals surface area contributed by atoms with Gasteiger partial charge in [-0.1, -0.05) is 62.4 Å². The Morgan fingerprint density at radius 2 is 1.74 bits per heavy atom. The lowest BCUT2D eigenvalue weighted by atomic mass is 10.0. The van der Waals surface area contributed by atoms with E-state index in [0.717, 1.165) is 29.9 Å². The molecule has 0 spiro atoms. The Morgan fingerprint density at radius 1 is 1.00 bits per heavy atom. The van der Waals surface area contributed by atoms with Gasteiger partial charge in [-0.25, -0.2) is 0 Å². The quantitative estimate of drug-likeness (QED) is 0.616. The molecular formula is C23H25N3O. The second-order valence-electron chi connectivity index (χ2n) is 6.82. The van der Waals surface area contributed by atoms with E-state index in [1.807, 2.05) is 48.5 Å². The minimum Gasteiger partial charge on any atom is -0.383 e. The number of carbonyl (C=O) groups excluding carboxylic acids is 1. The Bertz CT molecular complexity index is 891. The lowest BCUT2D eigenvalue weighted by Crippen LogP contribution is -2.14. The van der Waals surface area contributed by atoms with Gasteiger partial charge in [-0.15, -0.1) is 0 Å². The highest BCUT2D eigenvalue weighted by Gasteiger charge is 2.11. The van der Waals surface area contributed by atoms with Gasteiger partial charge in [-0.05, 0) is 35.6 Å². The molecule has 27 heavy (non-hydrogen) atoms. The highest BCUT2D eigenvalue weighted by molar-refractivity contribution is 6.05. The van der Waals surface area contributed by atoms with Gasteiger partial charge in [0.15, 0.2) is 0 Å². The summed E-state index contributed by atoms with van der Waals surface area (Å²) in [5.41, 5.74) is 4.63. The minimum absolute atomic E-state index is 0.151. The first-order valence-corrected chi connectivity index (χ1v) is 9.26. The van der Waals surface area contributed by atoms with Crippen LogP contribution in [0.4, 0.5) is 11.4 Å². The molecule has 138 valence electrons. The van der Waals surface area contributed by atoms with E-state index in [2.05, 4.69) is 41.6 Å². The summed E-state index contributed by atoms with van der Waals surface area (Å²) in [7, 11) is 0. The molecule has 0 aliphatic heterocycles. The number of hydrogen-bond acceptors (Lipinski definition) is 3. The molecule has 3 rings (SSSR count). The van der Waals surface area contributed by atoms with Crippen molar-refractivity contribution >= 4 is 17.3 Å². The Hall–Kier alpha value is -3.14. The van der Waals surface area contributed by atoms with E-state index < -0.39 is 0 Å². The van der Waals surface area contributed by atoms with Crippen LogP contribution < -0.4 is 10.6 Å². The van der Waals surface area contributed by atoms with Crippen molar-refractivity contribution < 1.29 is 4.79 Å². The number of aromatic nitrogens is 1. The molecule has 1 heterocycles. The molecule has 4 heteroatoms. The lowest BCUT2D eigenvalue weighted by molar-refractivity contribution is 0.102. The summed E-state index contributed by atoms with van der Waals surface area (Å²) in [6, 6.07) is 20.0. The maximum atomic E-state index is 12.7. The van der Waals surface area contributed by atoms with Gasteiger partial charge < -0.3 is 10.6 Å². The summed E-state index contributed by atoms with van der Waals surface area (Å²) in [5.74, 6) is 0.188. The van der Waals surface area contributed by atoms with E-state index in [1.165, 1.54) is 5.56 Å². The first-order valence-electron chi connectivity index (χ1n) is 9.26. The van der Waals surface area contributed by atoms with Crippen LogP contribution in [-0.2, 0) is 6.42 Å². The Balaban J connectivity index is 1.64. The third-order valence-electron chi connectivity index (χ3n) is 4.42. The van der Waals surface area contributed by atoms with Crippen molar-refractivity contribution in [3.63, 3.8) is 0 Å². The molecule has 2 aromatic carbocycles. The highest BCUT2D eigenvalue weighted by atomic mass is 16.1. The first kappa shape index (κ1) is 18.6. The van der Waals surface area contributed by atoms with Crippen molar-refractivity contribution in [1.82, 2.24) is 4.98 Å². The average Bonchev–Trinajstić information content (AvgIpc) is 2.69. The molecule has 0 aliphatic carbocycles. The number of carbonyl (C=O) groups is 1. The average molecular weight is 359 g/mol. The number of hydrogen-bond donors (Lipinski definition) is 2.